The third kappa shape index (κ3) is 2.36. The Kier molecular flexibility index (Phi) is 3.62. The molecule has 96 valence electrons. The van der Waals surface area contributed by atoms with Crippen molar-refractivity contribution in [1.29, 1.82) is 0 Å². The van der Waals surface area contributed by atoms with Gasteiger partial charge in [0.05, 0.1) is 18.8 Å². The van der Waals surface area contributed by atoms with Crippen LogP contribution in [0, 0.1) is 12.7 Å². The van der Waals surface area contributed by atoms with E-state index >= 15 is 0 Å². The van der Waals surface area contributed by atoms with Crippen molar-refractivity contribution >= 4 is 0 Å². The summed E-state index contributed by atoms with van der Waals surface area (Å²) in [5, 5.41) is 4.31. The molecule has 2 aromatic rings. The zero-order chi connectivity index (χ0) is 13.1. The number of methoxy groups -OCH3 is 1. The van der Waals surface area contributed by atoms with Gasteiger partial charge in [-0.2, -0.15) is 5.10 Å². The fourth-order valence-corrected chi connectivity index (χ4v) is 1.89. The lowest BCUT2D eigenvalue weighted by atomic mass is 10.1. The van der Waals surface area contributed by atoms with Crippen LogP contribution in [0.3, 0.4) is 0 Å². The van der Waals surface area contributed by atoms with Gasteiger partial charge in [0.25, 0.3) is 0 Å². The van der Waals surface area contributed by atoms with Gasteiger partial charge in [0.1, 0.15) is 0 Å². The van der Waals surface area contributed by atoms with Crippen molar-refractivity contribution in [2.75, 3.05) is 13.7 Å². The largest absolute Gasteiger partial charge is 0.494 e. The molecule has 1 aromatic carbocycles. The van der Waals surface area contributed by atoms with Crippen LogP contribution in [0.1, 0.15) is 17.3 Å². The van der Waals surface area contributed by atoms with Crippen LogP contribution in [-0.4, -0.2) is 23.4 Å². The molecule has 0 bridgehead atoms. The summed E-state index contributed by atoms with van der Waals surface area (Å²) in [6.45, 7) is 2.26. The SMILES string of the molecule is COc1ccc(C(CN)n2ccc(C)n2)cc1F. The third-order valence-electron chi connectivity index (χ3n) is 2.84. The van der Waals surface area contributed by atoms with Gasteiger partial charge in [-0.25, -0.2) is 4.39 Å². The summed E-state index contributed by atoms with van der Waals surface area (Å²) >= 11 is 0. The molecule has 4 nitrogen and oxygen atoms in total. The Bertz CT molecular complexity index is 539. The highest BCUT2D eigenvalue weighted by atomic mass is 19.1. The van der Waals surface area contributed by atoms with Crippen LogP contribution in [0.4, 0.5) is 4.39 Å². The van der Waals surface area contributed by atoms with Gasteiger partial charge in [-0.05, 0) is 30.7 Å². The van der Waals surface area contributed by atoms with Crippen LogP contribution in [0.25, 0.3) is 0 Å². The van der Waals surface area contributed by atoms with Crippen LogP contribution in [0.15, 0.2) is 30.5 Å². The summed E-state index contributed by atoms with van der Waals surface area (Å²) in [5.74, 6) is -0.163. The molecule has 2 N–H and O–H groups in total. The first-order valence-electron chi connectivity index (χ1n) is 5.71. The number of nitrogens with two attached hydrogens (primary N) is 1. The maximum Gasteiger partial charge on any atom is 0.165 e. The Morgan fingerprint density at radius 1 is 1.44 bits per heavy atom. The van der Waals surface area contributed by atoms with E-state index < -0.39 is 5.82 Å². The van der Waals surface area contributed by atoms with Crippen molar-refractivity contribution in [2.24, 2.45) is 5.73 Å². The Hall–Kier alpha value is -1.88. The summed E-state index contributed by atoms with van der Waals surface area (Å²) in [7, 11) is 1.44. The lowest BCUT2D eigenvalue weighted by Crippen LogP contribution is -2.21. The Labute approximate surface area is 105 Å². The van der Waals surface area contributed by atoms with Crippen molar-refractivity contribution in [3.05, 3.63) is 47.5 Å². The van der Waals surface area contributed by atoms with Crippen molar-refractivity contribution < 1.29 is 9.13 Å². The van der Waals surface area contributed by atoms with Gasteiger partial charge in [0, 0.05) is 12.7 Å². The molecule has 0 saturated carbocycles. The minimum Gasteiger partial charge on any atom is -0.494 e. The highest BCUT2D eigenvalue weighted by Gasteiger charge is 2.15. The first-order valence-corrected chi connectivity index (χ1v) is 5.71. The van der Waals surface area contributed by atoms with E-state index in [-0.39, 0.29) is 11.8 Å². The van der Waals surface area contributed by atoms with Crippen molar-refractivity contribution in [2.45, 2.75) is 13.0 Å². The number of ether oxygens (including phenoxy) is 1. The second kappa shape index (κ2) is 5.18. The van der Waals surface area contributed by atoms with E-state index in [1.165, 1.54) is 13.2 Å². The van der Waals surface area contributed by atoms with Crippen LogP contribution in [0.5, 0.6) is 5.75 Å². The number of halogens is 1. The van der Waals surface area contributed by atoms with E-state index in [4.69, 9.17) is 10.5 Å². The van der Waals surface area contributed by atoms with E-state index in [0.29, 0.717) is 6.54 Å². The second-order valence-corrected chi connectivity index (χ2v) is 4.08. The van der Waals surface area contributed by atoms with Crippen molar-refractivity contribution in [1.82, 2.24) is 9.78 Å². The highest BCUT2D eigenvalue weighted by molar-refractivity contribution is 5.31. The minimum atomic E-state index is -0.391. The highest BCUT2D eigenvalue weighted by Crippen LogP contribution is 2.23. The zero-order valence-corrected chi connectivity index (χ0v) is 10.4. The van der Waals surface area contributed by atoms with E-state index in [0.717, 1.165) is 11.3 Å². The molecule has 0 spiro atoms. The van der Waals surface area contributed by atoms with E-state index in [1.807, 2.05) is 19.2 Å². The molecule has 1 aromatic heterocycles. The van der Waals surface area contributed by atoms with Gasteiger partial charge < -0.3 is 10.5 Å². The molecule has 5 heteroatoms. The Morgan fingerprint density at radius 3 is 2.72 bits per heavy atom. The molecule has 0 aliphatic heterocycles. The van der Waals surface area contributed by atoms with E-state index in [1.54, 1.807) is 16.8 Å². The summed E-state index contributed by atoms with van der Waals surface area (Å²) in [6, 6.07) is 6.56. The second-order valence-electron chi connectivity index (χ2n) is 4.08. The van der Waals surface area contributed by atoms with Crippen LogP contribution in [0.2, 0.25) is 0 Å². The van der Waals surface area contributed by atoms with Gasteiger partial charge in [0.15, 0.2) is 11.6 Å². The summed E-state index contributed by atoms with van der Waals surface area (Å²) < 4.78 is 20.3. The predicted octanol–water partition coefficient (Wildman–Crippen LogP) is 1.89. The molecule has 18 heavy (non-hydrogen) atoms. The number of benzene rings is 1. The molecule has 0 radical (unpaired) electrons. The average molecular weight is 249 g/mol. The molecule has 0 aliphatic rings. The number of aromatic nitrogens is 2. The van der Waals surface area contributed by atoms with Gasteiger partial charge in [-0.1, -0.05) is 6.07 Å². The third-order valence-corrected chi connectivity index (χ3v) is 2.84. The van der Waals surface area contributed by atoms with Crippen LogP contribution in [-0.2, 0) is 0 Å². The molecule has 0 aliphatic carbocycles. The molecule has 0 saturated heterocycles. The van der Waals surface area contributed by atoms with Gasteiger partial charge >= 0.3 is 0 Å². The van der Waals surface area contributed by atoms with Gasteiger partial charge in [-0.15, -0.1) is 0 Å². The molecule has 1 unspecified atom stereocenters. The zero-order valence-electron chi connectivity index (χ0n) is 10.4. The standard InChI is InChI=1S/C13H16FN3O/c1-9-5-6-17(16-9)12(8-15)10-3-4-13(18-2)11(14)7-10/h3-7,12H,8,15H2,1-2H3. The first-order chi connectivity index (χ1) is 8.65. The monoisotopic (exact) mass is 249 g/mol. The summed E-state index contributed by atoms with van der Waals surface area (Å²) in [4.78, 5) is 0. The quantitative estimate of drug-likeness (QED) is 0.900. The number of rotatable bonds is 4. The van der Waals surface area contributed by atoms with Crippen LogP contribution < -0.4 is 10.5 Å². The molecule has 2 rings (SSSR count). The maximum atomic E-state index is 13.7. The number of hydrogen-bond acceptors (Lipinski definition) is 3. The molecular weight excluding hydrogens is 233 g/mol. The number of nitrogens with zero attached hydrogens (tertiary/aromatic N) is 2. The van der Waals surface area contributed by atoms with Gasteiger partial charge in [0.2, 0.25) is 0 Å². The molecule has 0 amide bonds. The predicted molar refractivity (Wildman–Crippen MR) is 67.1 cm³/mol. The first kappa shape index (κ1) is 12.6. The number of hydrogen-bond donors (Lipinski definition) is 1. The average Bonchev–Trinajstić information content (AvgIpc) is 2.77. The molecule has 0 fully saturated rings. The lowest BCUT2D eigenvalue weighted by molar-refractivity contribution is 0.385. The number of aryl methyl sites for hydroxylation is 1. The molecular formula is C13H16FN3O. The minimum absolute atomic E-state index is 0.167. The normalized spacial score (nSPS) is 12.4. The maximum absolute atomic E-state index is 13.7. The summed E-state index contributed by atoms with van der Waals surface area (Å²) in [6.07, 6.45) is 1.84. The topological polar surface area (TPSA) is 53.1 Å². The van der Waals surface area contributed by atoms with E-state index in [2.05, 4.69) is 5.10 Å². The van der Waals surface area contributed by atoms with Crippen molar-refractivity contribution in [3.63, 3.8) is 0 Å². The van der Waals surface area contributed by atoms with Gasteiger partial charge in [-0.3, -0.25) is 4.68 Å². The smallest absolute Gasteiger partial charge is 0.165 e. The fourth-order valence-electron chi connectivity index (χ4n) is 1.89. The lowest BCUT2D eigenvalue weighted by Gasteiger charge is -2.16. The van der Waals surface area contributed by atoms with Crippen LogP contribution >= 0.6 is 0 Å². The Morgan fingerprint density at radius 2 is 2.22 bits per heavy atom. The van der Waals surface area contributed by atoms with Crippen molar-refractivity contribution in [3.8, 4) is 5.75 Å². The summed E-state index contributed by atoms with van der Waals surface area (Å²) in [5.41, 5.74) is 7.43. The Balaban J connectivity index is 2.36. The fraction of sp³-hybridized carbons (Fsp3) is 0.308. The molecule has 1 atom stereocenters. The molecule has 1 heterocycles. The van der Waals surface area contributed by atoms with E-state index in [9.17, 15) is 4.39 Å².